The van der Waals surface area contributed by atoms with E-state index in [0.29, 0.717) is 22.9 Å². The van der Waals surface area contributed by atoms with Gasteiger partial charge in [0, 0.05) is 17.3 Å². The van der Waals surface area contributed by atoms with Crippen LogP contribution in [0.25, 0.3) is 11.3 Å². The Morgan fingerprint density at radius 3 is 2.38 bits per heavy atom. The molecule has 0 radical (unpaired) electrons. The number of anilines is 2. The van der Waals surface area contributed by atoms with Gasteiger partial charge >= 0.3 is 6.36 Å². The molecule has 2 aromatic carbocycles. The van der Waals surface area contributed by atoms with Crippen molar-refractivity contribution in [3.63, 3.8) is 0 Å². The molecule has 0 spiro atoms. The van der Waals surface area contributed by atoms with Gasteiger partial charge in [-0.2, -0.15) is 0 Å². The minimum Gasteiger partial charge on any atom is -0.497 e. The van der Waals surface area contributed by atoms with Crippen LogP contribution in [0.15, 0.2) is 60.9 Å². The fourth-order valence-electron chi connectivity index (χ4n) is 2.25. The largest absolute Gasteiger partial charge is 0.573 e. The number of ether oxygens (including phenoxy) is 2. The Balaban J connectivity index is 1.76. The molecule has 0 aliphatic carbocycles. The fourth-order valence-corrected chi connectivity index (χ4v) is 2.25. The summed E-state index contributed by atoms with van der Waals surface area (Å²) in [6, 6.07) is 14.5. The van der Waals surface area contributed by atoms with Gasteiger partial charge < -0.3 is 14.8 Å². The number of benzene rings is 2. The highest BCUT2D eigenvalue weighted by Gasteiger charge is 2.30. The molecule has 0 saturated heterocycles. The molecular weight excluding hydrogens is 347 g/mol. The zero-order valence-corrected chi connectivity index (χ0v) is 13.6. The highest BCUT2D eigenvalue weighted by Crippen LogP contribution is 2.26. The molecule has 3 aromatic rings. The molecule has 3 rings (SSSR count). The molecule has 0 unspecified atom stereocenters. The fraction of sp³-hybridized carbons (Fsp3) is 0.111. The number of rotatable bonds is 5. The van der Waals surface area contributed by atoms with Crippen molar-refractivity contribution >= 4 is 11.5 Å². The maximum absolute atomic E-state index is 12.2. The molecule has 1 aromatic heterocycles. The van der Waals surface area contributed by atoms with E-state index in [2.05, 4.69) is 20.0 Å². The molecule has 26 heavy (non-hydrogen) atoms. The van der Waals surface area contributed by atoms with Gasteiger partial charge in [-0.25, -0.2) is 9.97 Å². The van der Waals surface area contributed by atoms with Gasteiger partial charge in [0.25, 0.3) is 0 Å². The summed E-state index contributed by atoms with van der Waals surface area (Å²) >= 11 is 0. The Bertz CT molecular complexity index is 883. The zero-order chi connectivity index (χ0) is 18.6. The average molecular weight is 361 g/mol. The van der Waals surface area contributed by atoms with E-state index in [9.17, 15) is 13.2 Å². The average Bonchev–Trinajstić information content (AvgIpc) is 2.62. The smallest absolute Gasteiger partial charge is 0.497 e. The van der Waals surface area contributed by atoms with E-state index in [4.69, 9.17) is 4.74 Å². The first-order chi connectivity index (χ1) is 12.4. The summed E-state index contributed by atoms with van der Waals surface area (Å²) in [6.45, 7) is 0. The van der Waals surface area contributed by atoms with Crippen molar-refractivity contribution < 1.29 is 22.6 Å². The van der Waals surface area contributed by atoms with E-state index in [1.54, 1.807) is 13.2 Å². The molecule has 134 valence electrons. The van der Waals surface area contributed by atoms with Crippen LogP contribution in [0.3, 0.4) is 0 Å². The van der Waals surface area contributed by atoms with Crippen LogP contribution in [0.5, 0.6) is 11.5 Å². The van der Waals surface area contributed by atoms with E-state index >= 15 is 0 Å². The number of methoxy groups -OCH3 is 1. The summed E-state index contributed by atoms with van der Waals surface area (Å²) in [5.41, 5.74) is 2.09. The monoisotopic (exact) mass is 361 g/mol. The van der Waals surface area contributed by atoms with Crippen LogP contribution in [0, 0.1) is 0 Å². The van der Waals surface area contributed by atoms with Crippen LogP contribution in [0.1, 0.15) is 0 Å². The van der Waals surface area contributed by atoms with Crippen LogP contribution in [0.4, 0.5) is 24.7 Å². The van der Waals surface area contributed by atoms with Gasteiger partial charge in [-0.05, 0) is 36.4 Å². The number of aromatic nitrogens is 2. The highest BCUT2D eigenvalue weighted by atomic mass is 19.4. The molecule has 0 saturated carbocycles. The molecule has 0 atom stereocenters. The SMILES string of the molecule is COc1cccc(-c2cc(Nc3ccc(OC(F)(F)F)cc3)ncn2)c1. The second kappa shape index (κ2) is 7.30. The predicted octanol–water partition coefficient (Wildman–Crippen LogP) is 4.79. The van der Waals surface area contributed by atoms with Crippen LogP contribution in [0.2, 0.25) is 0 Å². The normalized spacial score (nSPS) is 11.1. The van der Waals surface area contributed by atoms with Crippen LogP contribution >= 0.6 is 0 Å². The Kier molecular flexibility index (Phi) is 4.92. The molecule has 0 aliphatic rings. The summed E-state index contributed by atoms with van der Waals surface area (Å²) in [4.78, 5) is 8.35. The molecule has 8 heteroatoms. The topological polar surface area (TPSA) is 56.3 Å². The minimum atomic E-state index is -4.72. The number of halogens is 3. The summed E-state index contributed by atoms with van der Waals surface area (Å²) in [5, 5.41) is 3.01. The molecule has 0 fully saturated rings. The Hall–Kier alpha value is -3.29. The highest BCUT2D eigenvalue weighted by molar-refractivity contribution is 5.66. The van der Waals surface area contributed by atoms with Gasteiger partial charge in [0.2, 0.25) is 0 Å². The van der Waals surface area contributed by atoms with Crippen molar-refractivity contribution in [1.82, 2.24) is 9.97 Å². The number of hydrogen-bond acceptors (Lipinski definition) is 5. The molecule has 0 amide bonds. The minimum absolute atomic E-state index is 0.289. The quantitative estimate of drug-likeness (QED) is 0.708. The van der Waals surface area contributed by atoms with Crippen molar-refractivity contribution in [3.8, 4) is 22.8 Å². The van der Waals surface area contributed by atoms with Crippen LogP contribution < -0.4 is 14.8 Å². The third-order valence-corrected chi connectivity index (χ3v) is 3.39. The van der Waals surface area contributed by atoms with Gasteiger partial charge in [-0.3, -0.25) is 0 Å². The van der Waals surface area contributed by atoms with E-state index in [-0.39, 0.29) is 5.75 Å². The Labute approximate surface area is 147 Å². The van der Waals surface area contributed by atoms with Crippen molar-refractivity contribution in [2.75, 3.05) is 12.4 Å². The molecule has 5 nitrogen and oxygen atoms in total. The third-order valence-electron chi connectivity index (χ3n) is 3.39. The summed E-state index contributed by atoms with van der Waals surface area (Å²) in [5.74, 6) is 0.918. The molecular formula is C18H14F3N3O2. The lowest BCUT2D eigenvalue weighted by molar-refractivity contribution is -0.274. The number of hydrogen-bond donors (Lipinski definition) is 1. The lowest BCUT2D eigenvalue weighted by atomic mass is 10.1. The number of alkyl halides is 3. The second-order valence-corrected chi connectivity index (χ2v) is 5.22. The molecule has 1 N–H and O–H groups in total. The summed E-state index contributed by atoms with van der Waals surface area (Å²) in [7, 11) is 1.58. The van der Waals surface area contributed by atoms with Crippen LogP contribution in [-0.2, 0) is 0 Å². The van der Waals surface area contributed by atoms with Crippen molar-refractivity contribution in [2.45, 2.75) is 6.36 Å². The van der Waals surface area contributed by atoms with Gasteiger partial charge in [-0.1, -0.05) is 12.1 Å². The first-order valence-electron chi connectivity index (χ1n) is 7.52. The maximum Gasteiger partial charge on any atom is 0.573 e. The lowest BCUT2D eigenvalue weighted by Crippen LogP contribution is -2.16. The predicted molar refractivity (Wildman–Crippen MR) is 90.4 cm³/mol. The van der Waals surface area contributed by atoms with Crippen molar-refractivity contribution in [2.24, 2.45) is 0 Å². The summed E-state index contributed by atoms with van der Waals surface area (Å²) in [6.07, 6.45) is -3.31. The zero-order valence-electron chi connectivity index (χ0n) is 13.6. The first kappa shape index (κ1) is 17.5. The van der Waals surface area contributed by atoms with Crippen LogP contribution in [-0.4, -0.2) is 23.4 Å². The summed E-state index contributed by atoms with van der Waals surface area (Å²) < 4.78 is 45.6. The second-order valence-electron chi connectivity index (χ2n) is 5.22. The van der Waals surface area contributed by atoms with E-state index in [1.807, 2.05) is 24.3 Å². The van der Waals surface area contributed by atoms with Crippen molar-refractivity contribution in [3.05, 3.63) is 60.9 Å². The van der Waals surface area contributed by atoms with Gasteiger partial charge in [0.05, 0.1) is 12.8 Å². The third kappa shape index (κ3) is 4.62. The Morgan fingerprint density at radius 1 is 0.923 bits per heavy atom. The van der Waals surface area contributed by atoms with E-state index < -0.39 is 6.36 Å². The lowest BCUT2D eigenvalue weighted by Gasteiger charge is -2.10. The van der Waals surface area contributed by atoms with E-state index in [0.717, 1.165) is 5.56 Å². The molecule has 0 bridgehead atoms. The first-order valence-corrected chi connectivity index (χ1v) is 7.52. The maximum atomic E-state index is 12.2. The standard InChI is InChI=1S/C18H14F3N3O2/c1-25-15-4-2-3-12(9-15)16-10-17(23-11-22-16)24-13-5-7-14(8-6-13)26-18(19,20)21/h2-11H,1H3,(H,22,23,24). The molecule has 0 aliphatic heterocycles. The molecule has 1 heterocycles. The Morgan fingerprint density at radius 2 is 1.69 bits per heavy atom. The van der Waals surface area contributed by atoms with Crippen molar-refractivity contribution in [1.29, 1.82) is 0 Å². The number of nitrogens with zero attached hydrogens (tertiary/aromatic N) is 2. The van der Waals surface area contributed by atoms with Gasteiger partial charge in [0.1, 0.15) is 23.6 Å². The van der Waals surface area contributed by atoms with Gasteiger partial charge in [-0.15, -0.1) is 13.2 Å². The van der Waals surface area contributed by atoms with E-state index in [1.165, 1.54) is 30.6 Å². The van der Waals surface area contributed by atoms with Gasteiger partial charge in [0.15, 0.2) is 0 Å². The number of nitrogens with one attached hydrogen (secondary N) is 1.